The number of nitrogens with zero attached hydrogens (tertiary/aromatic N) is 4. The second-order valence-electron chi connectivity index (χ2n) is 6.96. The molecule has 5 rings (SSSR count). The van der Waals surface area contributed by atoms with E-state index < -0.39 is 0 Å². The zero-order chi connectivity index (χ0) is 16.8. The van der Waals surface area contributed by atoms with Crippen molar-refractivity contribution in [2.75, 3.05) is 13.1 Å². The quantitative estimate of drug-likeness (QED) is 0.777. The van der Waals surface area contributed by atoms with E-state index in [1.54, 1.807) is 10.7 Å². The van der Waals surface area contributed by atoms with Crippen LogP contribution in [0.15, 0.2) is 53.5 Å². The summed E-state index contributed by atoms with van der Waals surface area (Å²) < 4.78 is 3.64. The van der Waals surface area contributed by atoms with Gasteiger partial charge in [0, 0.05) is 36.3 Å². The van der Waals surface area contributed by atoms with E-state index in [9.17, 15) is 4.79 Å². The van der Waals surface area contributed by atoms with Crippen LogP contribution in [0, 0.1) is 5.92 Å². The molecule has 2 aliphatic rings. The van der Waals surface area contributed by atoms with Gasteiger partial charge >= 0.3 is 0 Å². The van der Waals surface area contributed by atoms with E-state index in [4.69, 9.17) is 0 Å². The molecule has 3 aromatic rings. The molecule has 2 atom stereocenters. The predicted molar refractivity (Wildman–Crippen MR) is 94.8 cm³/mol. The third-order valence-corrected chi connectivity index (χ3v) is 5.27. The molecule has 4 heterocycles. The van der Waals surface area contributed by atoms with Gasteiger partial charge in [-0.15, -0.1) is 5.10 Å². The van der Waals surface area contributed by atoms with Crippen molar-refractivity contribution in [2.24, 2.45) is 5.92 Å². The lowest BCUT2D eigenvalue weighted by Crippen LogP contribution is -2.44. The molecule has 6 nitrogen and oxygen atoms in total. The smallest absolute Gasteiger partial charge is 0.252 e. The number of fused-ring (bicyclic) bond motifs is 4. The third kappa shape index (κ3) is 2.49. The highest BCUT2D eigenvalue weighted by atomic mass is 16.1. The fourth-order valence-electron chi connectivity index (χ4n) is 4.05. The average Bonchev–Trinajstić information content (AvgIpc) is 3.14. The van der Waals surface area contributed by atoms with Crippen LogP contribution in [0.2, 0.25) is 0 Å². The second kappa shape index (κ2) is 5.67. The first-order valence-electron chi connectivity index (χ1n) is 8.71. The molecule has 1 unspecified atom stereocenters. The zero-order valence-electron chi connectivity index (χ0n) is 13.8. The van der Waals surface area contributed by atoms with Crippen molar-refractivity contribution in [3.05, 3.63) is 64.7 Å². The van der Waals surface area contributed by atoms with E-state index in [1.165, 1.54) is 0 Å². The Bertz CT molecular complexity index is 975. The lowest BCUT2D eigenvalue weighted by atomic mass is 9.84. The molecular formula is C19H19N5O. The van der Waals surface area contributed by atoms with Crippen molar-refractivity contribution >= 4 is 0 Å². The minimum atomic E-state index is 0.0564. The van der Waals surface area contributed by atoms with Gasteiger partial charge in [0.25, 0.3) is 5.56 Å². The maximum atomic E-state index is 12.6. The highest BCUT2D eigenvalue weighted by Crippen LogP contribution is 2.32. The number of pyridine rings is 1. The average molecular weight is 333 g/mol. The number of rotatable bonds is 2. The van der Waals surface area contributed by atoms with Crippen molar-refractivity contribution < 1.29 is 0 Å². The Morgan fingerprint density at radius 3 is 2.88 bits per heavy atom. The highest BCUT2D eigenvalue weighted by Gasteiger charge is 2.31. The van der Waals surface area contributed by atoms with Gasteiger partial charge in [-0.3, -0.25) is 4.79 Å². The summed E-state index contributed by atoms with van der Waals surface area (Å²) in [6, 6.07) is 13.7. The summed E-state index contributed by atoms with van der Waals surface area (Å²) in [6.45, 7) is 2.75. The van der Waals surface area contributed by atoms with Crippen LogP contribution in [0.4, 0.5) is 0 Å². The maximum Gasteiger partial charge on any atom is 0.252 e. The first-order chi connectivity index (χ1) is 12.3. The number of piperidine rings is 1. The Kier molecular flexibility index (Phi) is 3.31. The number of hydrogen-bond acceptors (Lipinski definition) is 4. The number of hydrogen-bond donors (Lipinski definition) is 1. The molecule has 0 aliphatic carbocycles. The molecule has 0 saturated carbocycles. The van der Waals surface area contributed by atoms with Gasteiger partial charge in [-0.05, 0) is 24.9 Å². The summed E-state index contributed by atoms with van der Waals surface area (Å²) >= 11 is 0. The van der Waals surface area contributed by atoms with Crippen LogP contribution in [0.1, 0.15) is 18.0 Å². The van der Waals surface area contributed by atoms with E-state index in [1.807, 2.05) is 41.1 Å². The molecule has 2 aliphatic heterocycles. The largest absolute Gasteiger partial charge is 0.316 e. The van der Waals surface area contributed by atoms with Gasteiger partial charge in [-0.2, -0.15) is 0 Å². The van der Waals surface area contributed by atoms with Gasteiger partial charge in [0.05, 0.1) is 11.9 Å². The van der Waals surface area contributed by atoms with Gasteiger partial charge in [0.2, 0.25) is 0 Å². The Hall–Kier alpha value is -2.73. The second-order valence-corrected chi connectivity index (χ2v) is 6.96. The normalized spacial score (nSPS) is 21.8. The van der Waals surface area contributed by atoms with Crippen LogP contribution in [0.25, 0.3) is 16.9 Å². The van der Waals surface area contributed by atoms with E-state index in [0.29, 0.717) is 11.8 Å². The lowest BCUT2D eigenvalue weighted by Gasteiger charge is -2.37. The van der Waals surface area contributed by atoms with Gasteiger partial charge < -0.3 is 9.88 Å². The Balaban J connectivity index is 1.57. The Labute approximate surface area is 145 Å². The van der Waals surface area contributed by atoms with E-state index in [-0.39, 0.29) is 5.56 Å². The molecule has 0 radical (unpaired) electrons. The standard InChI is InChI=1S/C19H19N5O/c25-19-8-16(7-18-15-6-13(9-20-10-15)11-23(18)19)24-12-17(21-22-24)14-4-2-1-3-5-14/h1-5,7-8,12-13,15,20H,6,9-11H2/t13?,15-/m0/s1. The molecular weight excluding hydrogens is 314 g/mol. The number of nitrogens with one attached hydrogen (secondary N) is 1. The highest BCUT2D eigenvalue weighted by molar-refractivity contribution is 5.57. The van der Waals surface area contributed by atoms with Gasteiger partial charge in [0.1, 0.15) is 5.69 Å². The minimum absolute atomic E-state index is 0.0564. The van der Waals surface area contributed by atoms with Crippen molar-refractivity contribution in [1.29, 1.82) is 0 Å². The molecule has 1 fully saturated rings. The monoisotopic (exact) mass is 333 g/mol. The van der Waals surface area contributed by atoms with Gasteiger partial charge in [-0.25, -0.2) is 4.68 Å². The van der Waals surface area contributed by atoms with E-state index in [2.05, 4.69) is 21.7 Å². The molecule has 25 heavy (non-hydrogen) atoms. The first-order valence-corrected chi connectivity index (χ1v) is 8.71. The maximum absolute atomic E-state index is 12.6. The molecule has 2 bridgehead atoms. The molecule has 1 aromatic carbocycles. The summed E-state index contributed by atoms with van der Waals surface area (Å²) in [5, 5.41) is 12.0. The predicted octanol–water partition coefficient (Wildman–Crippen LogP) is 1.80. The fourth-order valence-corrected chi connectivity index (χ4v) is 4.05. The van der Waals surface area contributed by atoms with Crippen LogP contribution in [-0.2, 0) is 6.54 Å². The molecule has 0 amide bonds. The van der Waals surface area contributed by atoms with E-state index in [0.717, 1.165) is 48.7 Å². The fraction of sp³-hybridized carbons (Fsp3) is 0.316. The molecule has 0 spiro atoms. The van der Waals surface area contributed by atoms with Crippen molar-refractivity contribution in [3.8, 4) is 16.9 Å². The van der Waals surface area contributed by atoms with Crippen LogP contribution in [0.3, 0.4) is 0 Å². The zero-order valence-corrected chi connectivity index (χ0v) is 13.8. The summed E-state index contributed by atoms with van der Waals surface area (Å²) in [5.74, 6) is 0.961. The minimum Gasteiger partial charge on any atom is -0.316 e. The molecule has 126 valence electrons. The van der Waals surface area contributed by atoms with Crippen LogP contribution in [-0.4, -0.2) is 32.7 Å². The van der Waals surface area contributed by atoms with Crippen molar-refractivity contribution in [2.45, 2.75) is 18.9 Å². The summed E-state index contributed by atoms with van der Waals surface area (Å²) in [7, 11) is 0. The summed E-state index contributed by atoms with van der Waals surface area (Å²) in [6.07, 6.45) is 3.04. The molecule has 2 aromatic heterocycles. The summed E-state index contributed by atoms with van der Waals surface area (Å²) in [5.41, 5.74) is 3.78. The summed E-state index contributed by atoms with van der Waals surface area (Å²) in [4.78, 5) is 12.6. The van der Waals surface area contributed by atoms with Crippen LogP contribution >= 0.6 is 0 Å². The van der Waals surface area contributed by atoms with E-state index >= 15 is 0 Å². The first kappa shape index (κ1) is 14.6. The Morgan fingerprint density at radius 2 is 2.00 bits per heavy atom. The Morgan fingerprint density at radius 1 is 1.12 bits per heavy atom. The third-order valence-electron chi connectivity index (χ3n) is 5.27. The SMILES string of the molecule is O=c1cc(-n2cc(-c3ccccc3)nn2)cc2n1CC1CNC[C@@H]2C1. The lowest BCUT2D eigenvalue weighted by molar-refractivity contribution is 0.257. The molecule has 1 N–H and O–H groups in total. The number of aromatic nitrogens is 4. The number of benzene rings is 1. The molecule has 6 heteroatoms. The van der Waals surface area contributed by atoms with Crippen LogP contribution < -0.4 is 10.9 Å². The topological polar surface area (TPSA) is 64.7 Å². The van der Waals surface area contributed by atoms with Crippen molar-refractivity contribution in [1.82, 2.24) is 24.9 Å². The van der Waals surface area contributed by atoms with Gasteiger partial charge in [-0.1, -0.05) is 35.5 Å². The van der Waals surface area contributed by atoms with Crippen molar-refractivity contribution in [3.63, 3.8) is 0 Å². The molecule has 1 saturated heterocycles. The van der Waals surface area contributed by atoms with Gasteiger partial charge in [0.15, 0.2) is 0 Å². The van der Waals surface area contributed by atoms with Crippen LogP contribution in [0.5, 0.6) is 0 Å².